The Morgan fingerprint density at radius 2 is 2.06 bits per heavy atom. The first-order valence-electron chi connectivity index (χ1n) is 10.2. The molecule has 2 aromatic heterocycles. The van der Waals surface area contributed by atoms with E-state index in [9.17, 15) is 15.0 Å². The maximum absolute atomic E-state index is 12.7. The number of hydrogen-bond donors (Lipinski definition) is 3. The molecule has 1 atom stereocenters. The first-order chi connectivity index (χ1) is 15.0. The molecule has 0 radical (unpaired) electrons. The third kappa shape index (κ3) is 3.68. The van der Waals surface area contributed by atoms with Gasteiger partial charge in [-0.2, -0.15) is 0 Å². The quantitative estimate of drug-likeness (QED) is 0.369. The minimum atomic E-state index is -0.426. The summed E-state index contributed by atoms with van der Waals surface area (Å²) in [7, 11) is 1.64. The number of rotatable bonds is 7. The van der Waals surface area contributed by atoms with Crippen LogP contribution in [0.1, 0.15) is 46.6 Å². The number of fused-ring (bicyclic) bond motifs is 3. The molecule has 8 heteroatoms. The van der Waals surface area contributed by atoms with Gasteiger partial charge in [0.2, 0.25) is 0 Å². The van der Waals surface area contributed by atoms with Gasteiger partial charge in [0.05, 0.1) is 12.2 Å². The predicted molar refractivity (Wildman–Crippen MR) is 117 cm³/mol. The highest BCUT2D eigenvalue weighted by Gasteiger charge is 2.37. The minimum absolute atomic E-state index is 0.104. The number of hydrogen-bond acceptors (Lipinski definition) is 5. The molecular formula is C23H25ClN2O5. The van der Waals surface area contributed by atoms with Gasteiger partial charge in [0.25, 0.3) is 0 Å². The maximum atomic E-state index is 12.7. The third-order valence-corrected chi connectivity index (χ3v) is 6.06. The van der Waals surface area contributed by atoms with Gasteiger partial charge in [-0.1, -0.05) is 29.8 Å². The summed E-state index contributed by atoms with van der Waals surface area (Å²) in [5.74, 6) is -0.966. The van der Waals surface area contributed by atoms with Gasteiger partial charge in [-0.15, -0.1) is 0 Å². The van der Waals surface area contributed by atoms with Crippen molar-refractivity contribution in [3.63, 3.8) is 0 Å². The van der Waals surface area contributed by atoms with Crippen LogP contribution in [0.15, 0.2) is 30.3 Å². The van der Waals surface area contributed by atoms with Crippen molar-refractivity contribution in [1.82, 2.24) is 9.55 Å². The Balaban J connectivity index is 1.91. The van der Waals surface area contributed by atoms with Crippen molar-refractivity contribution in [3.05, 3.63) is 57.9 Å². The third-order valence-electron chi connectivity index (χ3n) is 5.72. The molecule has 31 heavy (non-hydrogen) atoms. The van der Waals surface area contributed by atoms with Crippen molar-refractivity contribution in [2.24, 2.45) is 0 Å². The van der Waals surface area contributed by atoms with Crippen LogP contribution in [0.25, 0.3) is 11.1 Å². The summed E-state index contributed by atoms with van der Waals surface area (Å²) >= 11 is 6.50. The fraction of sp³-hybridized carbons (Fsp3) is 0.348. The number of carbonyl (C=O) groups excluding carboxylic acids is 1. The molecule has 164 valence electrons. The highest BCUT2D eigenvalue weighted by atomic mass is 35.5. The average Bonchev–Trinajstić information content (AvgIpc) is 3.25. The number of nitrogens with one attached hydrogen (secondary N) is 1. The highest BCUT2D eigenvalue weighted by Crippen LogP contribution is 2.52. The lowest BCUT2D eigenvalue weighted by Gasteiger charge is -2.26. The van der Waals surface area contributed by atoms with E-state index in [1.807, 2.05) is 22.8 Å². The molecule has 0 saturated heterocycles. The molecule has 7 nitrogen and oxygen atoms in total. The molecule has 0 aliphatic heterocycles. The number of benzene rings is 1. The molecule has 0 bridgehead atoms. The lowest BCUT2D eigenvalue weighted by atomic mass is 9.79. The van der Waals surface area contributed by atoms with Gasteiger partial charge in [-0.05, 0) is 37.5 Å². The van der Waals surface area contributed by atoms with Crippen molar-refractivity contribution in [3.8, 4) is 22.9 Å². The summed E-state index contributed by atoms with van der Waals surface area (Å²) < 4.78 is 12.4. The van der Waals surface area contributed by atoms with Crippen molar-refractivity contribution in [1.29, 1.82) is 0 Å². The van der Waals surface area contributed by atoms with E-state index in [0.29, 0.717) is 53.4 Å². The number of aromatic nitrogens is 2. The van der Waals surface area contributed by atoms with E-state index in [2.05, 4.69) is 4.98 Å². The number of aromatic hydroxyl groups is 2. The number of halogens is 1. The van der Waals surface area contributed by atoms with Crippen LogP contribution in [0.2, 0.25) is 5.02 Å². The Hall–Kier alpha value is -2.90. The molecule has 3 aromatic rings. The normalized spacial score (nSPS) is 14.9. The molecule has 1 aliphatic carbocycles. The van der Waals surface area contributed by atoms with Crippen LogP contribution in [0.5, 0.6) is 11.8 Å². The van der Waals surface area contributed by atoms with E-state index in [4.69, 9.17) is 21.1 Å². The molecule has 0 saturated carbocycles. The molecule has 1 aromatic carbocycles. The highest BCUT2D eigenvalue weighted by molar-refractivity contribution is 6.31. The van der Waals surface area contributed by atoms with Gasteiger partial charge in [0.1, 0.15) is 5.69 Å². The number of esters is 1. The molecule has 3 N–H and O–H groups in total. The molecule has 2 heterocycles. The second kappa shape index (κ2) is 8.69. The molecule has 0 amide bonds. The van der Waals surface area contributed by atoms with Gasteiger partial charge in [-0.3, -0.25) is 4.98 Å². The Bertz CT molecular complexity index is 1120. The number of H-pyrrole nitrogens is 1. The number of aromatic amines is 1. The molecule has 1 aliphatic rings. The van der Waals surface area contributed by atoms with Crippen molar-refractivity contribution in [2.45, 2.75) is 32.2 Å². The van der Waals surface area contributed by atoms with Gasteiger partial charge in [0, 0.05) is 48.0 Å². The van der Waals surface area contributed by atoms with Gasteiger partial charge in [-0.25, -0.2) is 4.79 Å². The summed E-state index contributed by atoms with van der Waals surface area (Å²) in [4.78, 5) is 15.3. The van der Waals surface area contributed by atoms with Crippen LogP contribution in [0.3, 0.4) is 0 Å². The van der Waals surface area contributed by atoms with Crippen LogP contribution in [-0.4, -0.2) is 46.1 Å². The first kappa shape index (κ1) is 21.3. The van der Waals surface area contributed by atoms with Crippen molar-refractivity contribution >= 4 is 17.6 Å². The number of nitrogens with zero attached hydrogens (tertiary/aromatic N) is 1. The fourth-order valence-electron chi connectivity index (χ4n) is 4.44. The fourth-order valence-corrected chi connectivity index (χ4v) is 4.71. The van der Waals surface area contributed by atoms with Crippen LogP contribution < -0.4 is 0 Å². The average molecular weight is 445 g/mol. The monoisotopic (exact) mass is 444 g/mol. The van der Waals surface area contributed by atoms with E-state index in [-0.39, 0.29) is 24.3 Å². The summed E-state index contributed by atoms with van der Waals surface area (Å²) in [5.41, 5.74) is 3.89. The summed E-state index contributed by atoms with van der Waals surface area (Å²) in [6.45, 7) is 3.12. The lowest BCUT2D eigenvalue weighted by molar-refractivity contribution is 0.0512. The van der Waals surface area contributed by atoms with E-state index < -0.39 is 5.97 Å². The second-order valence-corrected chi connectivity index (χ2v) is 7.90. The van der Waals surface area contributed by atoms with Crippen molar-refractivity contribution < 1.29 is 24.5 Å². The Morgan fingerprint density at radius 3 is 2.77 bits per heavy atom. The summed E-state index contributed by atoms with van der Waals surface area (Å²) in [6.07, 6.45) is 1.21. The molecule has 0 fully saturated rings. The summed E-state index contributed by atoms with van der Waals surface area (Å²) in [6, 6.07) is 9.19. The van der Waals surface area contributed by atoms with Crippen molar-refractivity contribution in [2.75, 3.05) is 20.3 Å². The zero-order chi connectivity index (χ0) is 22.1. The molecule has 4 rings (SSSR count). The standard InChI is InChI=1S/C23H25ClN2O5/c1-3-31-23(29)18-12-15-17(26(18)9-6-10-30-2)11-14(13-7-4-5-8-16(13)24)19-20(15)22(28)25-21(19)27/h4-5,7-8,12,14,25,27-28H,3,6,9-11H2,1-2H3. The Labute approximate surface area is 185 Å². The van der Waals surface area contributed by atoms with Gasteiger partial charge >= 0.3 is 5.97 Å². The van der Waals surface area contributed by atoms with Gasteiger partial charge < -0.3 is 24.3 Å². The smallest absolute Gasteiger partial charge is 0.354 e. The maximum Gasteiger partial charge on any atom is 0.354 e. The Morgan fingerprint density at radius 1 is 1.29 bits per heavy atom. The van der Waals surface area contributed by atoms with E-state index in [0.717, 1.165) is 11.3 Å². The van der Waals surface area contributed by atoms with E-state index in [1.165, 1.54) is 0 Å². The van der Waals surface area contributed by atoms with Crippen LogP contribution in [-0.2, 0) is 22.4 Å². The largest absolute Gasteiger partial charge is 0.494 e. The lowest BCUT2D eigenvalue weighted by Crippen LogP contribution is -2.18. The van der Waals surface area contributed by atoms with Crippen LogP contribution in [0.4, 0.5) is 0 Å². The zero-order valence-electron chi connectivity index (χ0n) is 17.4. The Kier molecular flexibility index (Phi) is 5.98. The summed E-state index contributed by atoms with van der Waals surface area (Å²) in [5, 5.41) is 21.8. The van der Waals surface area contributed by atoms with E-state index in [1.54, 1.807) is 26.2 Å². The number of ether oxygens (including phenoxy) is 2. The zero-order valence-corrected chi connectivity index (χ0v) is 18.2. The van der Waals surface area contributed by atoms with E-state index >= 15 is 0 Å². The van der Waals surface area contributed by atoms with Gasteiger partial charge in [0.15, 0.2) is 11.8 Å². The topological polar surface area (TPSA) is 96.7 Å². The molecular weight excluding hydrogens is 420 g/mol. The molecule has 1 unspecified atom stereocenters. The second-order valence-electron chi connectivity index (χ2n) is 7.50. The SMILES string of the molecule is CCOC(=O)c1cc2c(n1CCCOC)CC(c1ccccc1Cl)c1c(O)[nH]c(O)c1-2. The molecule has 0 spiro atoms. The van der Waals surface area contributed by atoms with Crippen LogP contribution in [0, 0.1) is 0 Å². The number of carbonyl (C=O) groups is 1. The van der Waals surface area contributed by atoms with Crippen LogP contribution >= 0.6 is 11.6 Å². The predicted octanol–water partition coefficient (Wildman–Crippen LogP) is 4.45. The minimum Gasteiger partial charge on any atom is -0.494 e. The number of methoxy groups -OCH3 is 1. The first-order valence-corrected chi connectivity index (χ1v) is 10.6.